The second-order valence-corrected chi connectivity index (χ2v) is 6.47. The summed E-state index contributed by atoms with van der Waals surface area (Å²) in [6, 6.07) is 1.93. The minimum Gasteiger partial charge on any atom is -0.308 e. The Morgan fingerprint density at radius 1 is 1.35 bits per heavy atom. The number of imidazole rings is 2. The minimum absolute atomic E-state index is 0.296. The lowest BCUT2D eigenvalue weighted by atomic mass is 9.82. The normalized spacial score (nSPS) is 20.8. The molecular weight excluding hydrogens is 284 g/mol. The first-order valence-corrected chi connectivity index (χ1v) is 8.24. The summed E-state index contributed by atoms with van der Waals surface area (Å²) in [7, 11) is 3.81. The van der Waals surface area contributed by atoms with Crippen molar-refractivity contribution in [2.45, 2.75) is 44.8 Å². The van der Waals surface area contributed by atoms with Crippen molar-refractivity contribution >= 4 is 5.78 Å². The highest BCUT2D eigenvalue weighted by Gasteiger charge is 2.23. The van der Waals surface area contributed by atoms with Crippen LogP contribution in [0.4, 0.5) is 0 Å². The molecule has 0 spiro atoms. The fourth-order valence-corrected chi connectivity index (χ4v) is 3.67. The molecule has 1 aliphatic rings. The summed E-state index contributed by atoms with van der Waals surface area (Å²) in [4.78, 5) is 4.37. The highest BCUT2D eigenvalue weighted by atomic mass is 15.2. The van der Waals surface area contributed by atoms with Crippen LogP contribution in [0.2, 0.25) is 0 Å². The molecule has 0 atom stereocenters. The number of fused-ring (bicyclic) bond motifs is 1. The third-order valence-electron chi connectivity index (χ3n) is 4.95. The fraction of sp³-hybridized carbons (Fsp3) is 0.474. The van der Waals surface area contributed by atoms with Gasteiger partial charge in [-0.25, -0.2) is 4.98 Å². The van der Waals surface area contributed by atoms with Crippen LogP contribution in [-0.2, 0) is 14.1 Å². The van der Waals surface area contributed by atoms with Crippen molar-refractivity contribution < 1.29 is 10.1 Å². The van der Waals surface area contributed by atoms with Gasteiger partial charge in [-0.05, 0) is 31.2 Å². The van der Waals surface area contributed by atoms with Crippen LogP contribution in [0.25, 0.3) is 17.2 Å². The number of hydrogen-bond donors (Lipinski definition) is 0. The second-order valence-electron chi connectivity index (χ2n) is 6.47. The van der Waals surface area contributed by atoms with E-state index in [-0.39, 0.29) is 0 Å². The summed E-state index contributed by atoms with van der Waals surface area (Å²) in [6.07, 6.45) is 11.8. The minimum atomic E-state index is -2.24. The lowest BCUT2D eigenvalue weighted by Crippen LogP contribution is -2.32. The van der Waals surface area contributed by atoms with Crippen molar-refractivity contribution in [1.29, 1.82) is 0 Å². The first-order chi connectivity index (χ1) is 12.7. The Kier molecular flexibility index (Phi) is 2.55. The summed E-state index contributed by atoms with van der Waals surface area (Å²) >= 11 is 0. The molecule has 0 radical (unpaired) electrons. The number of hydrogen-bond acceptors (Lipinski definition) is 1. The molecule has 0 saturated heterocycles. The van der Waals surface area contributed by atoms with Crippen LogP contribution >= 0.6 is 0 Å². The predicted octanol–water partition coefficient (Wildman–Crippen LogP) is 3.52. The SMILES string of the molecule is [2H]C([2H])([2H])c1c[n+](C)c(-c2cn3ccnc3n2C)cc1C1([2H])CCCCC1. The highest BCUT2D eigenvalue weighted by molar-refractivity contribution is 5.57. The molecule has 3 aromatic heterocycles. The average Bonchev–Trinajstić information content (AvgIpc) is 3.18. The molecule has 1 fully saturated rings. The van der Waals surface area contributed by atoms with E-state index >= 15 is 0 Å². The molecule has 0 bridgehead atoms. The third-order valence-corrected chi connectivity index (χ3v) is 4.95. The van der Waals surface area contributed by atoms with E-state index in [2.05, 4.69) is 4.98 Å². The monoisotopic (exact) mass is 313 g/mol. The zero-order valence-corrected chi connectivity index (χ0v) is 13.7. The molecule has 120 valence electrons. The molecule has 0 N–H and O–H groups in total. The van der Waals surface area contributed by atoms with Gasteiger partial charge in [0.05, 0.1) is 0 Å². The molecular formula is C19H25N4+. The summed E-state index contributed by atoms with van der Waals surface area (Å²) in [5, 5.41) is 0. The quantitative estimate of drug-likeness (QED) is 0.665. The zero-order valence-electron chi connectivity index (χ0n) is 17.7. The van der Waals surface area contributed by atoms with Gasteiger partial charge in [-0.15, -0.1) is 0 Å². The average molecular weight is 313 g/mol. The fourth-order valence-electron chi connectivity index (χ4n) is 3.67. The molecule has 1 aliphatic carbocycles. The lowest BCUT2D eigenvalue weighted by Gasteiger charge is -2.23. The summed E-state index contributed by atoms with van der Waals surface area (Å²) in [6.45, 7) is -2.24. The zero-order chi connectivity index (χ0) is 19.4. The molecule has 23 heavy (non-hydrogen) atoms. The van der Waals surface area contributed by atoms with E-state index < -0.39 is 12.7 Å². The van der Waals surface area contributed by atoms with E-state index in [4.69, 9.17) is 5.48 Å². The number of rotatable bonds is 2. The molecule has 0 unspecified atom stereocenters. The van der Waals surface area contributed by atoms with E-state index in [9.17, 15) is 0 Å². The molecule has 4 rings (SSSR count). The Balaban J connectivity index is 1.95. The van der Waals surface area contributed by atoms with Gasteiger partial charge in [0.2, 0.25) is 11.5 Å². The predicted molar refractivity (Wildman–Crippen MR) is 91.3 cm³/mol. The van der Waals surface area contributed by atoms with Crippen LogP contribution < -0.4 is 4.57 Å². The molecule has 4 heteroatoms. The first kappa shape index (κ1) is 10.6. The maximum Gasteiger partial charge on any atom is 0.230 e. The molecule has 3 aromatic rings. The van der Waals surface area contributed by atoms with E-state index in [1.807, 2.05) is 46.1 Å². The highest BCUT2D eigenvalue weighted by Crippen LogP contribution is 2.35. The maximum atomic E-state index is 9.06. The van der Waals surface area contributed by atoms with Crippen LogP contribution in [0.5, 0.6) is 0 Å². The Hall–Kier alpha value is -2.10. The molecule has 1 saturated carbocycles. The summed E-state index contributed by atoms with van der Waals surface area (Å²) in [5.74, 6) is -0.0132. The van der Waals surface area contributed by atoms with Gasteiger partial charge in [-0.3, -0.25) is 4.40 Å². The van der Waals surface area contributed by atoms with Gasteiger partial charge in [0.1, 0.15) is 12.7 Å². The van der Waals surface area contributed by atoms with Crippen molar-refractivity contribution in [3.8, 4) is 11.4 Å². The van der Waals surface area contributed by atoms with Gasteiger partial charge >= 0.3 is 0 Å². The largest absolute Gasteiger partial charge is 0.308 e. The topological polar surface area (TPSA) is 26.1 Å². The Bertz CT molecular complexity index is 993. The Labute approximate surface area is 143 Å². The van der Waals surface area contributed by atoms with Crippen LogP contribution in [0.3, 0.4) is 0 Å². The summed E-state index contributed by atoms with van der Waals surface area (Å²) < 4.78 is 38.9. The Morgan fingerprint density at radius 2 is 2.17 bits per heavy atom. The van der Waals surface area contributed by atoms with Gasteiger partial charge < -0.3 is 4.57 Å². The molecule has 0 amide bonds. The number of aryl methyl sites for hydroxylation is 3. The van der Waals surface area contributed by atoms with E-state index in [1.165, 1.54) is 0 Å². The van der Waals surface area contributed by atoms with Crippen LogP contribution in [0, 0.1) is 6.85 Å². The lowest BCUT2D eigenvalue weighted by molar-refractivity contribution is -0.661. The van der Waals surface area contributed by atoms with Crippen molar-refractivity contribution in [2.75, 3.05) is 0 Å². The third kappa shape index (κ3) is 2.37. The van der Waals surface area contributed by atoms with Gasteiger partial charge in [-0.1, -0.05) is 19.3 Å². The van der Waals surface area contributed by atoms with Crippen molar-refractivity contribution in [3.63, 3.8) is 0 Å². The van der Waals surface area contributed by atoms with Crippen molar-refractivity contribution in [1.82, 2.24) is 14.0 Å². The van der Waals surface area contributed by atoms with Gasteiger partial charge in [-0.2, -0.15) is 4.57 Å². The van der Waals surface area contributed by atoms with E-state index in [0.29, 0.717) is 24.0 Å². The van der Waals surface area contributed by atoms with Crippen molar-refractivity contribution in [2.24, 2.45) is 14.1 Å². The second kappa shape index (κ2) is 5.52. The number of nitrogens with zero attached hydrogens (tertiary/aromatic N) is 4. The van der Waals surface area contributed by atoms with Crippen LogP contribution in [-0.4, -0.2) is 14.0 Å². The van der Waals surface area contributed by atoms with E-state index in [0.717, 1.165) is 36.4 Å². The van der Waals surface area contributed by atoms with Crippen LogP contribution in [0.1, 0.15) is 54.6 Å². The van der Waals surface area contributed by atoms with Gasteiger partial charge in [0.25, 0.3) is 0 Å². The standard InChI is InChI=1S/C19H25N4/c1-14-12-21(2)17(11-16(14)15-7-5-4-6-8-15)18-13-23-10-9-20-19(23)22(18)3/h9-13,15H,4-8H2,1-3H3/q+1/i1D3,15D. The summed E-state index contributed by atoms with van der Waals surface area (Å²) in [5.41, 5.74) is 2.78. The smallest absolute Gasteiger partial charge is 0.230 e. The van der Waals surface area contributed by atoms with Crippen LogP contribution in [0.15, 0.2) is 30.9 Å². The Morgan fingerprint density at radius 3 is 2.91 bits per heavy atom. The van der Waals surface area contributed by atoms with Gasteiger partial charge in [0.15, 0.2) is 6.20 Å². The van der Waals surface area contributed by atoms with E-state index in [1.54, 1.807) is 12.4 Å². The van der Waals surface area contributed by atoms with Gasteiger partial charge in [0, 0.05) is 42.8 Å². The molecule has 0 aliphatic heterocycles. The molecule has 3 heterocycles. The maximum absolute atomic E-state index is 9.06. The first-order valence-electron chi connectivity index (χ1n) is 10.2. The number of pyridine rings is 1. The number of aromatic nitrogens is 4. The van der Waals surface area contributed by atoms with Crippen molar-refractivity contribution in [3.05, 3.63) is 42.0 Å². The molecule has 4 nitrogen and oxygen atoms in total. The molecule has 0 aromatic carbocycles.